The molecule has 0 aromatic heterocycles. The number of likely N-dealkylation sites (tertiary alicyclic amines) is 1. The largest absolute Gasteiger partial charge is 0.342 e. The quantitative estimate of drug-likeness (QED) is 0.779. The maximum atomic E-state index is 11.9. The van der Waals surface area contributed by atoms with Gasteiger partial charge >= 0.3 is 0 Å². The van der Waals surface area contributed by atoms with Gasteiger partial charge in [-0.05, 0) is 37.6 Å². The zero-order valence-electron chi connectivity index (χ0n) is 11.0. The highest BCUT2D eigenvalue weighted by atomic mass is 16.2. The molecule has 0 aromatic carbocycles. The Bertz CT molecular complexity index is 238. The lowest BCUT2D eigenvalue weighted by molar-refractivity contribution is -0.137. The summed E-state index contributed by atoms with van der Waals surface area (Å²) in [5.41, 5.74) is 5.91. The van der Waals surface area contributed by atoms with Crippen LogP contribution in [0.25, 0.3) is 0 Å². The van der Waals surface area contributed by atoms with Gasteiger partial charge in [0.25, 0.3) is 0 Å². The highest BCUT2D eigenvalue weighted by molar-refractivity contribution is 5.79. The van der Waals surface area contributed by atoms with Gasteiger partial charge in [0.2, 0.25) is 5.91 Å². The number of amides is 1. The number of hydrogen-bond donors (Lipinski definition) is 1. The summed E-state index contributed by atoms with van der Waals surface area (Å²) in [5.74, 6) is 0.577. The summed E-state index contributed by atoms with van der Waals surface area (Å²) in [4.78, 5) is 13.9. The molecule has 1 atom stereocenters. The molecule has 1 saturated heterocycles. The van der Waals surface area contributed by atoms with Crippen LogP contribution in [0.15, 0.2) is 0 Å². The Hall–Kier alpha value is -0.570. The Balaban J connectivity index is 2.29. The Morgan fingerprint density at radius 1 is 1.50 bits per heavy atom. The first-order valence-electron chi connectivity index (χ1n) is 6.45. The molecule has 0 spiro atoms. The molecule has 3 heteroatoms. The van der Waals surface area contributed by atoms with E-state index in [9.17, 15) is 4.79 Å². The van der Waals surface area contributed by atoms with Crippen LogP contribution in [-0.4, -0.2) is 30.4 Å². The molecule has 0 aliphatic carbocycles. The molecule has 1 fully saturated rings. The second-order valence-corrected chi connectivity index (χ2v) is 5.84. The molecule has 1 unspecified atom stereocenters. The van der Waals surface area contributed by atoms with Crippen molar-refractivity contribution in [2.75, 3.05) is 19.6 Å². The molecule has 0 bridgehead atoms. The Kier molecular flexibility index (Phi) is 4.78. The molecule has 1 aliphatic heterocycles. The minimum Gasteiger partial charge on any atom is -0.342 e. The molecule has 94 valence electrons. The first-order chi connectivity index (χ1) is 7.46. The summed E-state index contributed by atoms with van der Waals surface area (Å²) in [7, 11) is 0. The van der Waals surface area contributed by atoms with Crippen LogP contribution in [0.3, 0.4) is 0 Å². The van der Waals surface area contributed by atoms with Crippen molar-refractivity contribution in [1.29, 1.82) is 0 Å². The van der Waals surface area contributed by atoms with Crippen LogP contribution >= 0.6 is 0 Å². The van der Waals surface area contributed by atoms with Crippen molar-refractivity contribution in [3.8, 4) is 0 Å². The standard InChI is InChI=1S/C13H26N2O/c1-11-6-4-8-15(12(11)16)9-5-7-13(2,3)10-14/h11H,4-10,14H2,1-3H3. The van der Waals surface area contributed by atoms with Gasteiger partial charge in [-0.15, -0.1) is 0 Å². The van der Waals surface area contributed by atoms with Gasteiger partial charge in [-0.3, -0.25) is 4.79 Å². The lowest BCUT2D eigenvalue weighted by Crippen LogP contribution is -2.41. The normalized spacial score (nSPS) is 22.6. The van der Waals surface area contributed by atoms with E-state index in [2.05, 4.69) is 13.8 Å². The predicted octanol–water partition coefficient (Wildman–Crippen LogP) is 2.01. The van der Waals surface area contributed by atoms with E-state index < -0.39 is 0 Å². The molecule has 1 amide bonds. The monoisotopic (exact) mass is 226 g/mol. The third kappa shape index (κ3) is 3.78. The summed E-state index contributed by atoms with van der Waals surface area (Å²) >= 11 is 0. The maximum Gasteiger partial charge on any atom is 0.225 e. The van der Waals surface area contributed by atoms with E-state index >= 15 is 0 Å². The second-order valence-electron chi connectivity index (χ2n) is 5.84. The minimum atomic E-state index is 0.213. The molecular formula is C13H26N2O. The second kappa shape index (κ2) is 5.67. The molecular weight excluding hydrogens is 200 g/mol. The number of nitrogens with zero attached hydrogens (tertiary/aromatic N) is 1. The SMILES string of the molecule is CC1CCCN(CCCC(C)(C)CN)C1=O. The van der Waals surface area contributed by atoms with Crippen LogP contribution in [0, 0.1) is 11.3 Å². The van der Waals surface area contributed by atoms with Crippen molar-refractivity contribution in [3.05, 3.63) is 0 Å². The van der Waals surface area contributed by atoms with E-state index in [0.717, 1.165) is 45.3 Å². The fourth-order valence-corrected chi connectivity index (χ4v) is 2.21. The Labute approximate surface area is 99.4 Å². The Morgan fingerprint density at radius 3 is 2.81 bits per heavy atom. The number of carbonyl (C=O) groups is 1. The lowest BCUT2D eigenvalue weighted by Gasteiger charge is -2.32. The van der Waals surface area contributed by atoms with Crippen LogP contribution in [-0.2, 0) is 4.79 Å². The maximum absolute atomic E-state index is 11.9. The van der Waals surface area contributed by atoms with Crippen LogP contribution < -0.4 is 5.73 Å². The van der Waals surface area contributed by atoms with Gasteiger partial charge in [0.05, 0.1) is 0 Å². The first kappa shape index (κ1) is 13.5. The summed E-state index contributed by atoms with van der Waals surface area (Å²) in [6, 6.07) is 0. The average molecular weight is 226 g/mol. The zero-order valence-corrected chi connectivity index (χ0v) is 11.0. The van der Waals surface area contributed by atoms with E-state index in [1.807, 2.05) is 11.8 Å². The number of hydrogen-bond acceptors (Lipinski definition) is 2. The highest BCUT2D eigenvalue weighted by Crippen LogP contribution is 2.22. The van der Waals surface area contributed by atoms with Crippen molar-refractivity contribution in [1.82, 2.24) is 4.90 Å². The summed E-state index contributed by atoms with van der Waals surface area (Å²) < 4.78 is 0. The minimum absolute atomic E-state index is 0.213. The highest BCUT2D eigenvalue weighted by Gasteiger charge is 2.25. The fraction of sp³-hybridized carbons (Fsp3) is 0.923. The average Bonchev–Trinajstić information content (AvgIpc) is 2.24. The van der Waals surface area contributed by atoms with E-state index in [0.29, 0.717) is 5.91 Å². The van der Waals surface area contributed by atoms with E-state index in [-0.39, 0.29) is 11.3 Å². The van der Waals surface area contributed by atoms with Crippen LogP contribution in [0.1, 0.15) is 46.5 Å². The molecule has 0 radical (unpaired) electrons. The molecule has 16 heavy (non-hydrogen) atoms. The van der Waals surface area contributed by atoms with Crippen molar-refractivity contribution < 1.29 is 4.79 Å². The van der Waals surface area contributed by atoms with Gasteiger partial charge in [0, 0.05) is 19.0 Å². The van der Waals surface area contributed by atoms with Gasteiger partial charge in [-0.25, -0.2) is 0 Å². The smallest absolute Gasteiger partial charge is 0.225 e. The topological polar surface area (TPSA) is 46.3 Å². The van der Waals surface area contributed by atoms with Crippen molar-refractivity contribution >= 4 is 5.91 Å². The molecule has 1 rings (SSSR count). The zero-order chi connectivity index (χ0) is 12.2. The third-order valence-electron chi connectivity index (χ3n) is 3.63. The number of rotatable bonds is 5. The fourth-order valence-electron chi connectivity index (χ4n) is 2.21. The summed E-state index contributed by atoms with van der Waals surface area (Å²) in [5, 5.41) is 0. The summed E-state index contributed by atoms with van der Waals surface area (Å²) in [6.45, 7) is 9.00. The molecule has 3 nitrogen and oxygen atoms in total. The van der Waals surface area contributed by atoms with Crippen LogP contribution in [0.5, 0.6) is 0 Å². The van der Waals surface area contributed by atoms with Crippen molar-refractivity contribution in [2.45, 2.75) is 46.5 Å². The van der Waals surface area contributed by atoms with Gasteiger partial charge in [0.15, 0.2) is 0 Å². The van der Waals surface area contributed by atoms with E-state index in [4.69, 9.17) is 5.73 Å². The molecule has 1 heterocycles. The molecule has 1 aliphatic rings. The van der Waals surface area contributed by atoms with Gasteiger partial charge in [-0.1, -0.05) is 20.8 Å². The molecule has 0 saturated carbocycles. The number of nitrogens with two attached hydrogens (primary N) is 1. The van der Waals surface area contributed by atoms with Gasteiger partial charge in [0.1, 0.15) is 0 Å². The van der Waals surface area contributed by atoms with Crippen LogP contribution in [0.4, 0.5) is 0 Å². The van der Waals surface area contributed by atoms with E-state index in [1.54, 1.807) is 0 Å². The first-order valence-corrected chi connectivity index (χ1v) is 6.45. The van der Waals surface area contributed by atoms with Crippen LogP contribution in [0.2, 0.25) is 0 Å². The van der Waals surface area contributed by atoms with Crippen molar-refractivity contribution in [3.63, 3.8) is 0 Å². The van der Waals surface area contributed by atoms with Gasteiger partial charge in [-0.2, -0.15) is 0 Å². The summed E-state index contributed by atoms with van der Waals surface area (Å²) in [6.07, 6.45) is 4.39. The lowest BCUT2D eigenvalue weighted by atomic mass is 9.88. The van der Waals surface area contributed by atoms with Crippen molar-refractivity contribution in [2.24, 2.45) is 17.1 Å². The van der Waals surface area contributed by atoms with E-state index in [1.165, 1.54) is 0 Å². The third-order valence-corrected chi connectivity index (χ3v) is 3.63. The molecule has 2 N–H and O–H groups in total. The number of piperidine rings is 1. The van der Waals surface area contributed by atoms with Gasteiger partial charge < -0.3 is 10.6 Å². The predicted molar refractivity (Wildman–Crippen MR) is 67.0 cm³/mol. The number of carbonyl (C=O) groups excluding carboxylic acids is 1. The Morgan fingerprint density at radius 2 is 2.19 bits per heavy atom. The molecule has 0 aromatic rings.